The molecule has 0 amide bonds. The topological polar surface area (TPSA) is 29.9 Å². The third-order valence-corrected chi connectivity index (χ3v) is 3.91. The fourth-order valence-electron chi connectivity index (χ4n) is 2.37. The highest BCUT2D eigenvalue weighted by Gasteiger charge is 2.27. The monoisotopic (exact) mass is 235 g/mol. The minimum absolute atomic E-state index is 0.560. The Balaban J connectivity index is 1.84. The van der Waals surface area contributed by atoms with Gasteiger partial charge in [0.2, 0.25) is 0 Å². The van der Waals surface area contributed by atoms with Gasteiger partial charge in [-0.05, 0) is 44.6 Å². The molecule has 3 nitrogen and oxygen atoms in total. The number of aromatic nitrogens is 2. The lowest BCUT2D eigenvalue weighted by atomic mass is 10.2. The maximum absolute atomic E-state index is 4.66. The molecule has 0 aliphatic heterocycles. The fraction of sp³-hybridized carbons (Fsp3) is 0.786. The van der Waals surface area contributed by atoms with Crippen LogP contribution in [-0.4, -0.2) is 15.8 Å². The summed E-state index contributed by atoms with van der Waals surface area (Å²) in [6, 6.07) is 3.35. The summed E-state index contributed by atoms with van der Waals surface area (Å²) in [6.07, 6.45) is 7.23. The lowest BCUT2D eigenvalue weighted by molar-refractivity contribution is 0.421. The van der Waals surface area contributed by atoms with Crippen LogP contribution in [0.25, 0.3) is 0 Å². The molecular weight excluding hydrogens is 210 g/mol. The van der Waals surface area contributed by atoms with Gasteiger partial charge in [0.05, 0.1) is 11.7 Å². The van der Waals surface area contributed by atoms with Crippen molar-refractivity contribution in [3.8, 4) is 0 Å². The normalized spacial score (nSPS) is 17.6. The maximum Gasteiger partial charge on any atom is 0.0762 e. The van der Waals surface area contributed by atoms with E-state index in [0.717, 1.165) is 25.3 Å². The average molecular weight is 235 g/mol. The van der Waals surface area contributed by atoms with Gasteiger partial charge in [0.15, 0.2) is 0 Å². The highest BCUT2D eigenvalue weighted by atomic mass is 15.3. The van der Waals surface area contributed by atoms with Gasteiger partial charge in [-0.1, -0.05) is 13.8 Å². The van der Waals surface area contributed by atoms with Crippen molar-refractivity contribution in [3.63, 3.8) is 0 Å². The summed E-state index contributed by atoms with van der Waals surface area (Å²) < 4.78 is 2.12. The van der Waals surface area contributed by atoms with Crippen LogP contribution >= 0.6 is 0 Å². The molecule has 1 saturated carbocycles. The Morgan fingerprint density at radius 1 is 1.41 bits per heavy atom. The molecule has 1 aliphatic rings. The van der Waals surface area contributed by atoms with E-state index in [0.29, 0.717) is 12.1 Å². The second-order valence-electron chi connectivity index (χ2n) is 5.26. The van der Waals surface area contributed by atoms with E-state index in [1.807, 2.05) is 0 Å². The highest BCUT2D eigenvalue weighted by Crippen LogP contribution is 2.32. The first-order valence-electron chi connectivity index (χ1n) is 7.02. The quantitative estimate of drug-likeness (QED) is 0.787. The van der Waals surface area contributed by atoms with E-state index in [9.17, 15) is 0 Å². The van der Waals surface area contributed by atoms with Gasteiger partial charge in [-0.15, -0.1) is 0 Å². The SMILES string of the molecule is CCC(CC)n1ccc(CNC(C)C2CC2)n1. The molecule has 1 aromatic heterocycles. The summed E-state index contributed by atoms with van der Waals surface area (Å²) in [7, 11) is 0. The molecular formula is C14H25N3. The van der Waals surface area contributed by atoms with Crippen molar-refractivity contribution in [2.24, 2.45) is 5.92 Å². The molecule has 0 radical (unpaired) electrons. The van der Waals surface area contributed by atoms with Crippen molar-refractivity contribution < 1.29 is 0 Å². The molecule has 0 bridgehead atoms. The number of hydrogen-bond donors (Lipinski definition) is 1. The second kappa shape index (κ2) is 5.67. The number of nitrogens with zero attached hydrogens (tertiary/aromatic N) is 2. The Bertz CT molecular complexity index is 337. The predicted molar refractivity (Wildman–Crippen MR) is 70.9 cm³/mol. The average Bonchev–Trinajstić information content (AvgIpc) is 3.09. The maximum atomic E-state index is 4.66. The summed E-state index contributed by atoms with van der Waals surface area (Å²) >= 11 is 0. The highest BCUT2D eigenvalue weighted by molar-refractivity contribution is 5.00. The molecule has 1 atom stereocenters. The predicted octanol–water partition coefficient (Wildman–Crippen LogP) is 3.13. The van der Waals surface area contributed by atoms with Gasteiger partial charge in [-0.3, -0.25) is 4.68 Å². The minimum Gasteiger partial charge on any atom is -0.308 e. The second-order valence-corrected chi connectivity index (χ2v) is 5.26. The zero-order valence-electron chi connectivity index (χ0n) is 11.3. The van der Waals surface area contributed by atoms with Crippen molar-refractivity contribution in [1.29, 1.82) is 0 Å². The van der Waals surface area contributed by atoms with E-state index in [1.54, 1.807) is 0 Å². The number of nitrogens with one attached hydrogen (secondary N) is 1. The summed E-state index contributed by atoms with van der Waals surface area (Å²) in [6.45, 7) is 7.65. The smallest absolute Gasteiger partial charge is 0.0762 e. The molecule has 0 spiro atoms. The van der Waals surface area contributed by atoms with E-state index in [-0.39, 0.29) is 0 Å². The van der Waals surface area contributed by atoms with Crippen LogP contribution in [0.1, 0.15) is 58.2 Å². The molecule has 96 valence electrons. The first kappa shape index (κ1) is 12.6. The lowest BCUT2D eigenvalue weighted by Crippen LogP contribution is -2.27. The zero-order chi connectivity index (χ0) is 12.3. The van der Waals surface area contributed by atoms with Gasteiger partial charge in [0.1, 0.15) is 0 Å². The zero-order valence-corrected chi connectivity index (χ0v) is 11.3. The van der Waals surface area contributed by atoms with E-state index < -0.39 is 0 Å². The summed E-state index contributed by atoms with van der Waals surface area (Å²) in [5.41, 5.74) is 1.17. The van der Waals surface area contributed by atoms with Crippen molar-refractivity contribution in [3.05, 3.63) is 18.0 Å². The molecule has 1 aromatic rings. The van der Waals surface area contributed by atoms with Crippen molar-refractivity contribution in [2.75, 3.05) is 0 Å². The van der Waals surface area contributed by atoms with Crippen LogP contribution in [0.2, 0.25) is 0 Å². The van der Waals surface area contributed by atoms with Crippen LogP contribution in [0.15, 0.2) is 12.3 Å². The first-order chi connectivity index (χ1) is 8.24. The largest absolute Gasteiger partial charge is 0.308 e. The summed E-state index contributed by atoms with van der Waals surface area (Å²) in [5, 5.41) is 8.23. The molecule has 17 heavy (non-hydrogen) atoms. The van der Waals surface area contributed by atoms with Crippen LogP contribution < -0.4 is 5.32 Å². The minimum atomic E-state index is 0.560. The van der Waals surface area contributed by atoms with Crippen LogP contribution in [0.3, 0.4) is 0 Å². The van der Waals surface area contributed by atoms with Crippen LogP contribution in [0.4, 0.5) is 0 Å². The van der Waals surface area contributed by atoms with Gasteiger partial charge >= 0.3 is 0 Å². The van der Waals surface area contributed by atoms with Gasteiger partial charge in [-0.2, -0.15) is 5.10 Å². The molecule has 1 heterocycles. The van der Waals surface area contributed by atoms with Crippen molar-refractivity contribution in [2.45, 2.75) is 65.1 Å². The third kappa shape index (κ3) is 3.32. The molecule has 3 heteroatoms. The molecule has 2 rings (SSSR count). The third-order valence-electron chi connectivity index (χ3n) is 3.91. The number of hydrogen-bond acceptors (Lipinski definition) is 2. The Hall–Kier alpha value is -0.830. The van der Waals surface area contributed by atoms with E-state index in [1.165, 1.54) is 18.5 Å². The van der Waals surface area contributed by atoms with Crippen LogP contribution in [-0.2, 0) is 6.54 Å². The first-order valence-corrected chi connectivity index (χ1v) is 7.02. The van der Waals surface area contributed by atoms with E-state index in [4.69, 9.17) is 0 Å². The van der Waals surface area contributed by atoms with E-state index in [2.05, 4.69) is 48.1 Å². The van der Waals surface area contributed by atoms with Gasteiger partial charge in [0, 0.05) is 18.8 Å². The van der Waals surface area contributed by atoms with Gasteiger partial charge in [-0.25, -0.2) is 0 Å². The molecule has 0 aromatic carbocycles. The Kier molecular flexibility index (Phi) is 4.21. The van der Waals surface area contributed by atoms with Crippen LogP contribution in [0.5, 0.6) is 0 Å². The fourth-order valence-corrected chi connectivity index (χ4v) is 2.37. The molecule has 1 fully saturated rings. The standard InChI is InChI=1S/C14H25N3/c1-4-14(5-2)17-9-8-13(16-17)10-15-11(3)12-6-7-12/h8-9,11-12,14-15H,4-7,10H2,1-3H3. The molecule has 1 unspecified atom stereocenters. The number of rotatable bonds is 7. The molecule has 1 aliphatic carbocycles. The molecule has 0 saturated heterocycles. The van der Waals surface area contributed by atoms with Gasteiger partial charge < -0.3 is 5.32 Å². The Morgan fingerprint density at radius 3 is 2.71 bits per heavy atom. The van der Waals surface area contributed by atoms with Crippen molar-refractivity contribution >= 4 is 0 Å². The van der Waals surface area contributed by atoms with Crippen LogP contribution in [0, 0.1) is 5.92 Å². The van der Waals surface area contributed by atoms with E-state index >= 15 is 0 Å². The Labute approximate surface area is 105 Å². The Morgan fingerprint density at radius 2 is 2.12 bits per heavy atom. The van der Waals surface area contributed by atoms with Crippen molar-refractivity contribution in [1.82, 2.24) is 15.1 Å². The molecule has 1 N–H and O–H groups in total. The van der Waals surface area contributed by atoms with Gasteiger partial charge in [0.25, 0.3) is 0 Å². The summed E-state index contributed by atoms with van der Waals surface area (Å²) in [4.78, 5) is 0. The summed E-state index contributed by atoms with van der Waals surface area (Å²) in [5.74, 6) is 0.913. The lowest BCUT2D eigenvalue weighted by Gasteiger charge is -2.13.